The lowest BCUT2D eigenvalue weighted by molar-refractivity contribution is 0.102. The number of hydrogen-bond acceptors (Lipinski definition) is 3. The van der Waals surface area contributed by atoms with Crippen LogP contribution in [-0.4, -0.2) is 25.7 Å². The lowest BCUT2D eigenvalue weighted by atomic mass is 10.1. The van der Waals surface area contributed by atoms with E-state index in [1.165, 1.54) is 29.6 Å². The minimum atomic E-state index is -3.66. The van der Waals surface area contributed by atoms with Gasteiger partial charge in [0.2, 0.25) is 10.0 Å². The summed E-state index contributed by atoms with van der Waals surface area (Å²) >= 11 is 0. The molecule has 3 rings (SSSR count). The number of carbonyl (C=O) groups is 1. The van der Waals surface area contributed by atoms with E-state index < -0.39 is 33.3 Å². The summed E-state index contributed by atoms with van der Waals surface area (Å²) in [5.74, 6) is -2.42. The van der Waals surface area contributed by atoms with E-state index >= 15 is 0 Å². The van der Waals surface area contributed by atoms with Gasteiger partial charge in [0.25, 0.3) is 5.91 Å². The van der Waals surface area contributed by atoms with Gasteiger partial charge in [-0.05, 0) is 48.9 Å². The SMILES string of the molecule is Cc1ccc(S(=O)(=O)N(C)Cc2ccc(C(=O)Nc3c(F)cccc3F)cc2)cc1. The molecule has 0 fully saturated rings. The van der Waals surface area contributed by atoms with Crippen LogP contribution in [0.1, 0.15) is 21.5 Å². The minimum absolute atomic E-state index is 0.0973. The average molecular weight is 430 g/mol. The molecular weight excluding hydrogens is 410 g/mol. The molecule has 0 bridgehead atoms. The summed E-state index contributed by atoms with van der Waals surface area (Å²) < 4.78 is 54.0. The van der Waals surface area contributed by atoms with Crippen molar-refractivity contribution in [1.29, 1.82) is 0 Å². The molecular formula is C22H20F2N2O3S. The first kappa shape index (κ1) is 21.6. The Morgan fingerprint density at radius 1 is 0.933 bits per heavy atom. The smallest absolute Gasteiger partial charge is 0.255 e. The normalized spacial score (nSPS) is 11.5. The van der Waals surface area contributed by atoms with Gasteiger partial charge in [-0.1, -0.05) is 35.9 Å². The molecule has 3 aromatic carbocycles. The highest BCUT2D eigenvalue weighted by Gasteiger charge is 2.21. The van der Waals surface area contributed by atoms with E-state index in [2.05, 4.69) is 5.32 Å². The van der Waals surface area contributed by atoms with Crippen molar-refractivity contribution in [1.82, 2.24) is 4.31 Å². The molecule has 0 saturated carbocycles. The number of benzene rings is 3. The molecule has 1 amide bonds. The quantitative estimate of drug-likeness (QED) is 0.632. The van der Waals surface area contributed by atoms with E-state index in [1.807, 2.05) is 6.92 Å². The standard InChI is InChI=1S/C22H20F2N2O3S/c1-15-6-12-18(13-7-15)30(28,29)26(2)14-16-8-10-17(11-9-16)22(27)25-21-19(23)4-3-5-20(21)24/h3-13H,14H2,1-2H3,(H,25,27). The topological polar surface area (TPSA) is 66.5 Å². The summed E-state index contributed by atoms with van der Waals surface area (Å²) in [7, 11) is -2.19. The predicted octanol–water partition coefficient (Wildman–Crippen LogP) is 4.35. The van der Waals surface area contributed by atoms with Gasteiger partial charge in [-0.25, -0.2) is 17.2 Å². The van der Waals surface area contributed by atoms with E-state index in [0.29, 0.717) is 5.56 Å². The van der Waals surface area contributed by atoms with Gasteiger partial charge >= 0.3 is 0 Å². The maximum absolute atomic E-state index is 13.7. The molecule has 1 N–H and O–H groups in total. The van der Waals surface area contributed by atoms with Crippen molar-refractivity contribution in [2.45, 2.75) is 18.4 Å². The summed E-state index contributed by atoms with van der Waals surface area (Å²) in [5, 5.41) is 2.21. The van der Waals surface area contributed by atoms with Gasteiger partial charge in [-0.2, -0.15) is 4.31 Å². The largest absolute Gasteiger partial charge is 0.317 e. The Balaban J connectivity index is 1.71. The monoisotopic (exact) mass is 430 g/mol. The fourth-order valence-electron chi connectivity index (χ4n) is 2.80. The summed E-state index contributed by atoms with van der Waals surface area (Å²) in [5.41, 5.74) is 1.28. The molecule has 0 aliphatic rings. The van der Waals surface area contributed by atoms with Gasteiger partial charge < -0.3 is 5.32 Å². The number of rotatable bonds is 6. The second-order valence-corrected chi connectivity index (χ2v) is 8.87. The third-order valence-electron chi connectivity index (χ3n) is 4.55. The van der Waals surface area contributed by atoms with Crippen molar-refractivity contribution in [3.63, 3.8) is 0 Å². The van der Waals surface area contributed by atoms with Crippen LogP contribution in [0, 0.1) is 18.6 Å². The van der Waals surface area contributed by atoms with Crippen molar-refractivity contribution >= 4 is 21.6 Å². The van der Waals surface area contributed by atoms with Crippen LogP contribution in [0.25, 0.3) is 0 Å². The third-order valence-corrected chi connectivity index (χ3v) is 6.37. The number of anilines is 1. The minimum Gasteiger partial charge on any atom is -0.317 e. The van der Waals surface area contributed by atoms with E-state index in [1.54, 1.807) is 36.4 Å². The molecule has 156 valence electrons. The zero-order chi connectivity index (χ0) is 21.9. The highest BCUT2D eigenvalue weighted by Crippen LogP contribution is 2.20. The van der Waals surface area contributed by atoms with Crippen LogP contribution in [0.3, 0.4) is 0 Å². The molecule has 0 atom stereocenters. The number of para-hydroxylation sites is 1. The number of aryl methyl sites for hydroxylation is 1. The molecule has 5 nitrogen and oxygen atoms in total. The second-order valence-electron chi connectivity index (χ2n) is 6.82. The number of nitrogens with zero attached hydrogens (tertiary/aromatic N) is 1. The van der Waals surface area contributed by atoms with E-state index in [-0.39, 0.29) is 17.0 Å². The lowest BCUT2D eigenvalue weighted by Crippen LogP contribution is -2.26. The zero-order valence-corrected chi connectivity index (χ0v) is 17.2. The van der Waals surface area contributed by atoms with Gasteiger partial charge in [-0.3, -0.25) is 4.79 Å². The first-order valence-electron chi connectivity index (χ1n) is 9.06. The fourth-order valence-corrected chi connectivity index (χ4v) is 3.96. The van der Waals surface area contributed by atoms with Crippen LogP contribution >= 0.6 is 0 Å². The molecule has 0 aromatic heterocycles. The zero-order valence-electron chi connectivity index (χ0n) is 16.4. The summed E-state index contributed by atoms with van der Waals surface area (Å²) in [4.78, 5) is 12.5. The van der Waals surface area contributed by atoms with Crippen molar-refractivity contribution in [3.8, 4) is 0 Å². The second kappa shape index (κ2) is 8.73. The van der Waals surface area contributed by atoms with Crippen molar-refractivity contribution < 1.29 is 22.0 Å². The van der Waals surface area contributed by atoms with Gasteiger partial charge in [0, 0.05) is 19.2 Å². The molecule has 30 heavy (non-hydrogen) atoms. The van der Waals surface area contributed by atoms with Gasteiger partial charge in [0.15, 0.2) is 0 Å². The van der Waals surface area contributed by atoms with Gasteiger partial charge in [0.1, 0.15) is 17.3 Å². The highest BCUT2D eigenvalue weighted by molar-refractivity contribution is 7.89. The number of hydrogen-bond donors (Lipinski definition) is 1. The molecule has 0 radical (unpaired) electrons. The van der Waals surface area contributed by atoms with E-state index in [0.717, 1.165) is 17.7 Å². The molecule has 0 unspecified atom stereocenters. The Labute approximate surface area is 174 Å². The maximum atomic E-state index is 13.7. The highest BCUT2D eigenvalue weighted by atomic mass is 32.2. The first-order chi connectivity index (χ1) is 14.2. The molecule has 0 aliphatic heterocycles. The molecule has 8 heteroatoms. The van der Waals surface area contributed by atoms with Crippen molar-refractivity contribution in [3.05, 3.63) is 95.1 Å². The van der Waals surface area contributed by atoms with Crippen LogP contribution in [0.15, 0.2) is 71.6 Å². The fraction of sp³-hybridized carbons (Fsp3) is 0.136. The van der Waals surface area contributed by atoms with Crippen LogP contribution in [0.5, 0.6) is 0 Å². The number of carbonyl (C=O) groups excluding carboxylic acids is 1. The number of halogens is 2. The van der Waals surface area contributed by atoms with E-state index in [4.69, 9.17) is 0 Å². The Morgan fingerprint density at radius 2 is 1.50 bits per heavy atom. The van der Waals surface area contributed by atoms with Gasteiger partial charge in [-0.15, -0.1) is 0 Å². The number of amides is 1. The Kier molecular flexibility index (Phi) is 6.28. The predicted molar refractivity (Wildman–Crippen MR) is 111 cm³/mol. The van der Waals surface area contributed by atoms with Crippen LogP contribution in [-0.2, 0) is 16.6 Å². The first-order valence-corrected chi connectivity index (χ1v) is 10.5. The summed E-state index contributed by atoms with van der Waals surface area (Å²) in [6.07, 6.45) is 0. The summed E-state index contributed by atoms with van der Waals surface area (Å²) in [6.45, 7) is 1.97. The number of nitrogens with one attached hydrogen (secondary N) is 1. The van der Waals surface area contributed by atoms with Crippen molar-refractivity contribution in [2.75, 3.05) is 12.4 Å². The lowest BCUT2D eigenvalue weighted by Gasteiger charge is -2.17. The van der Waals surface area contributed by atoms with Crippen LogP contribution in [0.2, 0.25) is 0 Å². The van der Waals surface area contributed by atoms with Gasteiger partial charge in [0.05, 0.1) is 4.90 Å². The third kappa shape index (κ3) is 4.72. The molecule has 0 heterocycles. The Morgan fingerprint density at radius 3 is 2.07 bits per heavy atom. The van der Waals surface area contributed by atoms with Crippen molar-refractivity contribution in [2.24, 2.45) is 0 Å². The Bertz CT molecular complexity index is 1140. The average Bonchev–Trinajstić information content (AvgIpc) is 2.71. The summed E-state index contributed by atoms with van der Waals surface area (Å²) in [6, 6.07) is 16.0. The maximum Gasteiger partial charge on any atom is 0.255 e. The Hall–Kier alpha value is -3.10. The van der Waals surface area contributed by atoms with E-state index in [9.17, 15) is 22.0 Å². The number of sulfonamides is 1. The van der Waals surface area contributed by atoms with Crippen LogP contribution in [0.4, 0.5) is 14.5 Å². The molecule has 0 spiro atoms. The molecule has 3 aromatic rings. The van der Waals surface area contributed by atoms with Crippen LogP contribution < -0.4 is 5.32 Å². The molecule has 0 saturated heterocycles. The molecule has 0 aliphatic carbocycles.